The molecule has 1 atom stereocenters. The summed E-state index contributed by atoms with van der Waals surface area (Å²) in [5.74, 6) is 0.525. The molecule has 82 valence electrons. The number of hydrogen-bond donors (Lipinski definition) is 1. The number of benzene rings is 1. The highest BCUT2D eigenvalue weighted by molar-refractivity contribution is 14.1. The molecule has 0 saturated heterocycles. The summed E-state index contributed by atoms with van der Waals surface area (Å²) in [5, 5.41) is 20.1. The number of ether oxygens (including phenoxy) is 1. The SMILES string of the molecule is COc1cc([C@H](C)O)c([N+](=O)[O-])cc1I. The number of methoxy groups -OCH3 is 1. The highest BCUT2D eigenvalue weighted by Gasteiger charge is 2.20. The van der Waals surface area contributed by atoms with Crippen LogP contribution in [0.5, 0.6) is 5.75 Å². The first-order chi connectivity index (χ1) is 6.97. The Labute approximate surface area is 100 Å². The molecule has 1 aromatic carbocycles. The van der Waals surface area contributed by atoms with E-state index < -0.39 is 11.0 Å². The third kappa shape index (κ3) is 2.57. The summed E-state index contributed by atoms with van der Waals surface area (Å²) in [4.78, 5) is 10.2. The second-order valence-electron chi connectivity index (χ2n) is 2.98. The maximum absolute atomic E-state index is 10.7. The lowest BCUT2D eigenvalue weighted by molar-refractivity contribution is -0.386. The molecule has 1 aromatic rings. The lowest BCUT2D eigenvalue weighted by Gasteiger charge is -2.09. The molecule has 0 unspecified atom stereocenters. The van der Waals surface area contributed by atoms with Gasteiger partial charge in [-0.15, -0.1) is 0 Å². The zero-order valence-electron chi connectivity index (χ0n) is 8.23. The Morgan fingerprint density at radius 2 is 2.20 bits per heavy atom. The van der Waals surface area contributed by atoms with Gasteiger partial charge in [-0.1, -0.05) is 0 Å². The standard InChI is InChI=1S/C9H10INO4/c1-5(12)6-3-9(15-2)7(10)4-8(6)11(13)14/h3-5,12H,1-2H3/t5-/m0/s1. The average molecular weight is 323 g/mol. The summed E-state index contributed by atoms with van der Waals surface area (Å²) in [6.45, 7) is 1.48. The van der Waals surface area contributed by atoms with Crippen molar-refractivity contribution in [2.45, 2.75) is 13.0 Å². The predicted molar refractivity (Wildman–Crippen MR) is 63.0 cm³/mol. The topological polar surface area (TPSA) is 72.6 Å². The molecule has 0 bridgehead atoms. The quantitative estimate of drug-likeness (QED) is 0.526. The molecular formula is C9H10INO4. The molecule has 0 aromatic heterocycles. The van der Waals surface area contributed by atoms with Gasteiger partial charge in [0, 0.05) is 6.07 Å². The van der Waals surface area contributed by atoms with Crippen molar-refractivity contribution in [3.05, 3.63) is 31.4 Å². The smallest absolute Gasteiger partial charge is 0.276 e. The average Bonchev–Trinajstić information content (AvgIpc) is 2.16. The van der Waals surface area contributed by atoms with Gasteiger partial charge in [-0.3, -0.25) is 10.1 Å². The predicted octanol–water partition coefficient (Wildman–Crippen LogP) is 2.26. The van der Waals surface area contributed by atoms with Crippen molar-refractivity contribution in [2.75, 3.05) is 7.11 Å². The Kier molecular flexibility index (Phi) is 3.86. The van der Waals surface area contributed by atoms with Gasteiger partial charge < -0.3 is 9.84 Å². The van der Waals surface area contributed by atoms with Crippen LogP contribution in [0.1, 0.15) is 18.6 Å². The molecule has 1 N–H and O–H groups in total. The van der Waals surface area contributed by atoms with Crippen molar-refractivity contribution >= 4 is 28.3 Å². The minimum absolute atomic E-state index is 0.0878. The van der Waals surface area contributed by atoms with Gasteiger partial charge in [0.05, 0.1) is 27.3 Å². The van der Waals surface area contributed by atoms with Crippen LogP contribution in [0.3, 0.4) is 0 Å². The number of halogens is 1. The minimum atomic E-state index is -0.892. The third-order valence-electron chi connectivity index (χ3n) is 1.95. The second-order valence-corrected chi connectivity index (χ2v) is 4.14. The molecule has 0 fully saturated rings. The highest BCUT2D eigenvalue weighted by Crippen LogP contribution is 2.33. The fourth-order valence-electron chi connectivity index (χ4n) is 1.21. The maximum Gasteiger partial charge on any atom is 0.276 e. The lowest BCUT2D eigenvalue weighted by Crippen LogP contribution is -2.01. The fourth-order valence-corrected chi connectivity index (χ4v) is 1.88. The van der Waals surface area contributed by atoms with Crippen molar-refractivity contribution in [1.29, 1.82) is 0 Å². The number of aliphatic hydroxyl groups is 1. The maximum atomic E-state index is 10.7. The van der Waals surface area contributed by atoms with E-state index in [1.54, 1.807) is 0 Å². The Hall–Kier alpha value is -0.890. The molecule has 0 radical (unpaired) electrons. The Bertz CT molecular complexity index is 392. The van der Waals surface area contributed by atoms with E-state index in [-0.39, 0.29) is 11.3 Å². The van der Waals surface area contributed by atoms with Crippen molar-refractivity contribution in [3.63, 3.8) is 0 Å². The molecule has 5 nitrogen and oxygen atoms in total. The summed E-state index contributed by atoms with van der Waals surface area (Å²) in [5.41, 5.74) is 0.174. The summed E-state index contributed by atoms with van der Waals surface area (Å²) in [6, 6.07) is 2.88. The fraction of sp³-hybridized carbons (Fsp3) is 0.333. The lowest BCUT2D eigenvalue weighted by atomic mass is 10.1. The highest BCUT2D eigenvalue weighted by atomic mass is 127. The summed E-state index contributed by atoms with van der Waals surface area (Å²) in [7, 11) is 1.48. The first-order valence-corrected chi connectivity index (χ1v) is 5.25. The molecule has 0 heterocycles. The van der Waals surface area contributed by atoms with E-state index in [0.717, 1.165) is 0 Å². The first kappa shape index (κ1) is 12.2. The molecule has 0 saturated carbocycles. The Balaban J connectivity index is 3.38. The van der Waals surface area contributed by atoms with E-state index in [4.69, 9.17) is 4.74 Å². The third-order valence-corrected chi connectivity index (χ3v) is 2.79. The Morgan fingerprint density at radius 1 is 1.60 bits per heavy atom. The molecule has 0 aliphatic heterocycles. The molecule has 0 spiro atoms. The summed E-state index contributed by atoms with van der Waals surface area (Å²) in [6.07, 6.45) is -0.892. The van der Waals surface area contributed by atoms with Crippen LogP contribution < -0.4 is 4.74 Å². The van der Waals surface area contributed by atoms with Gasteiger partial charge in [0.1, 0.15) is 5.75 Å². The van der Waals surface area contributed by atoms with Crippen LogP contribution in [-0.2, 0) is 0 Å². The number of rotatable bonds is 3. The van der Waals surface area contributed by atoms with Crippen molar-refractivity contribution in [3.8, 4) is 5.75 Å². The van der Waals surface area contributed by atoms with E-state index >= 15 is 0 Å². The molecule has 6 heteroatoms. The monoisotopic (exact) mass is 323 g/mol. The van der Waals surface area contributed by atoms with Gasteiger partial charge in [-0.2, -0.15) is 0 Å². The molecule has 15 heavy (non-hydrogen) atoms. The molecule has 0 amide bonds. The van der Waals surface area contributed by atoms with Crippen LogP contribution in [0.2, 0.25) is 0 Å². The van der Waals surface area contributed by atoms with Crippen molar-refractivity contribution in [1.82, 2.24) is 0 Å². The van der Waals surface area contributed by atoms with Crippen molar-refractivity contribution < 1.29 is 14.8 Å². The largest absolute Gasteiger partial charge is 0.496 e. The van der Waals surface area contributed by atoms with Crippen LogP contribution >= 0.6 is 22.6 Å². The first-order valence-electron chi connectivity index (χ1n) is 4.17. The summed E-state index contributed by atoms with van der Waals surface area (Å²) >= 11 is 1.95. The van der Waals surface area contributed by atoms with Crippen LogP contribution in [0.15, 0.2) is 12.1 Å². The van der Waals surface area contributed by atoms with Gasteiger partial charge in [0.25, 0.3) is 5.69 Å². The van der Waals surface area contributed by atoms with Gasteiger partial charge in [0.2, 0.25) is 0 Å². The minimum Gasteiger partial charge on any atom is -0.496 e. The molecule has 1 rings (SSSR count). The number of aliphatic hydroxyl groups excluding tert-OH is 1. The van der Waals surface area contributed by atoms with Gasteiger partial charge in [0.15, 0.2) is 0 Å². The van der Waals surface area contributed by atoms with Crippen LogP contribution in [-0.4, -0.2) is 17.1 Å². The normalized spacial score (nSPS) is 12.3. The van der Waals surface area contributed by atoms with E-state index in [0.29, 0.717) is 9.32 Å². The zero-order chi connectivity index (χ0) is 11.6. The number of nitro benzene ring substituents is 1. The number of nitrogens with zero attached hydrogens (tertiary/aromatic N) is 1. The van der Waals surface area contributed by atoms with E-state index in [1.165, 1.54) is 26.2 Å². The van der Waals surface area contributed by atoms with Crippen LogP contribution in [0, 0.1) is 13.7 Å². The zero-order valence-corrected chi connectivity index (χ0v) is 10.4. The number of hydrogen-bond acceptors (Lipinski definition) is 4. The van der Waals surface area contributed by atoms with Gasteiger partial charge >= 0.3 is 0 Å². The van der Waals surface area contributed by atoms with Crippen LogP contribution in [0.4, 0.5) is 5.69 Å². The number of nitro groups is 1. The van der Waals surface area contributed by atoms with Crippen LogP contribution in [0.25, 0.3) is 0 Å². The molecule has 0 aliphatic rings. The van der Waals surface area contributed by atoms with Gasteiger partial charge in [-0.05, 0) is 35.6 Å². The Morgan fingerprint density at radius 3 is 2.60 bits per heavy atom. The van der Waals surface area contributed by atoms with Gasteiger partial charge in [-0.25, -0.2) is 0 Å². The van der Waals surface area contributed by atoms with E-state index in [9.17, 15) is 15.2 Å². The van der Waals surface area contributed by atoms with Crippen molar-refractivity contribution in [2.24, 2.45) is 0 Å². The second kappa shape index (κ2) is 4.75. The molecule has 0 aliphatic carbocycles. The summed E-state index contributed by atoms with van der Waals surface area (Å²) < 4.78 is 5.67. The van der Waals surface area contributed by atoms with E-state index in [2.05, 4.69) is 0 Å². The van der Waals surface area contributed by atoms with E-state index in [1.807, 2.05) is 22.6 Å². The molecular weight excluding hydrogens is 313 g/mol.